The summed E-state index contributed by atoms with van der Waals surface area (Å²) in [6.07, 6.45) is 1.03. The van der Waals surface area contributed by atoms with Gasteiger partial charge in [0.15, 0.2) is 0 Å². The van der Waals surface area contributed by atoms with Crippen molar-refractivity contribution in [3.05, 3.63) is 89.5 Å². The highest BCUT2D eigenvalue weighted by Gasteiger charge is 2.30. The molecule has 0 heterocycles. The van der Waals surface area contributed by atoms with Gasteiger partial charge in [0, 0.05) is 11.1 Å². The summed E-state index contributed by atoms with van der Waals surface area (Å²) in [6, 6.07) is 19.7. The highest BCUT2D eigenvalue weighted by Crippen LogP contribution is 2.36. The lowest BCUT2D eigenvalue weighted by Gasteiger charge is -2.14. The molecule has 0 radical (unpaired) electrons. The van der Waals surface area contributed by atoms with Gasteiger partial charge in [-0.1, -0.05) is 48.4 Å². The Morgan fingerprint density at radius 3 is 2.35 bits per heavy atom. The van der Waals surface area contributed by atoms with Gasteiger partial charge in [0.25, 0.3) is 0 Å². The zero-order valence-corrected chi connectivity index (χ0v) is 13.8. The average molecular weight is 352 g/mol. The Hall–Kier alpha value is -3.19. The summed E-state index contributed by atoms with van der Waals surface area (Å²) in [5, 5.41) is 0. The third kappa shape index (κ3) is 4.07. The first-order chi connectivity index (χ1) is 12.5. The molecule has 0 bridgehead atoms. The Labute approximate surface area is 150 Å². The minimum Gasteiger partial charge on any atom is -0.488 e. The number of terminal acetylenes is 1. The fraction of sp³-hybridized carbons (Fsp3) is 0.0909. The summed E-state index contributed by atoms with van der Waals surface area (Å²) < 4.78 is 45.0. The Balaban J connectivity index is 1.98. The first-order valence-corrected chi connectivity index (χ1v) is 7.92. The molecule has 0 spiro atoms. The molecule has 1 nitrogen and oxygen atoms in total. The highest BCUT2D eigenvalue weighted by molar-refractivity contribution is 5.72. The van der Waals surface area contributed by atoms with Crippen LogP contribution >= 0.6 is 0 Å². The van der Waals surface area contributed by atoms with E-state index in [4.69, 9.17) is 11.2 Å². The fourth-order valence-electron chi connectivity index (χ4n) is 2.57. The van der Waals surface area contributed by atoms with Gasteiger partial charge in [-0.3, -0.25) is 0 Å². The first kappa shape index (κ1) is 17.6. The van der Waals surface area contributed by atoms with Crippen LogP contribution in [0.1, 0.15) is 16.7 Å². The summed E-state index contributed by atoms with van der Waals surface area (Å²) in [7, 11) is 0. The van der Waals surface area contributed by atoms with Crippen molar-refractivity contribution >= 4 is 0 Å². The van der Waals surface area contributed by atoms with E-state index >= 15 is 0 Å². The molecule has 0 amide bonds. The smallest absolute Gasteiger partial charge is 0.416 e. The van der Waals surface area contributed by atoms with Crippen LogP contribution < -0.4 is 4.74 Å². The van der Waals surface area contributed by atoms with E-state index in [-0.39, 0.29) is 0 Å². The van der Waals surface area contributed by atoms with Gasteiger partial charge in [0.1, 0.15) is 12.4 Å². The van der Waals surface area contributed by atoms with Crippen molar-refractivity contribution in [2.24, 2.45) is 0 Å². The van der Waals surface area contributed by atoms with E-state index in [1.54, 1.807) is 24.3 Å². The summed E-state index contributed by atoms with van der Waals surface area (Å²) >= 11 is 0. The molecule has 3 aromatic carbocycles. The van der Waals surface area contributed by atoms with Crippen molar-refractivity contribution in [1.29, 1.82) is 0 Å². The van der Waals surface area contributed by atoms with E-state index in [0.29, 0.717) is 29.0 Å². The van der Waals surface area contributed by atoms with Crippen LogP contribution in [-0.4, -0.2) is 0 Å². The Morgan fingerprint density at radius 1 is 0.885 bits per heavy atom. The Kier molecular flexibility index (Phi) is 4.99. The molecule has 0 saturated heterocycles. The standard InChI is InChI=1S/C22H15F3O/c1-2-16-11-12-21(26-15-17-7-4-3-5-8-17)20(13-16)18-9-6-10-19(14-18)22(23,24)25/h1,3-14H,15H2. The van der Waals surface area contributed by atoms with Crippen molar-refractivity contribution in [3.63, 3.8) is 0 Å². The molecule has 3 aromatic rings. The molecule has 0 aliphatic carbocycles. The fourth-order valence-corrected chi connectivity index (χ4v) is 2.57. The SMILES string of the molecule is C#Cc1ccc(OCc2ccccc2)c(-c2cccc(C(F)(F)F)c2)c1. The van der Waals surface area contributed by atoms with E-state index in [2.05, 4.69) is 5.92 Å². The van der Waals surface area contributed by atoms with Crippen LogP contribution in [0, 0.1) is 12.3 Å². The van der Waals surface area contributed by atoms with Crippen molar-refractivity contribution in [2.45, 2.75) is 12.8 Å². The molecular weight excluding hydrogens is 337 g/mol. The van der Waals surface area contributed by atoms with E-state index in [9.17, 15) is 13.2 Å². The maximum Gasteiger partial charge on any atom is 0.416 e. The van der Waals surface area contributed by atoms with Gasteiger partial charge in [-0.15, -0.1) is 6.42 Å². The number of rotatable bonds is 4. The summed E-state index contributed by atoms with van der Waals surface area (Å²) in [5.41, 5.74) is 1.76. The maximum absolute atomic E-state index is 13.0. The lowest BCUT2D eigenvalue weighted by molar-refractivity contribution is -0.137. The topological polar surface area (TPSA) is 9.23 Å². The normalized spacial score (nSPS) is 11.0. The molecule has 0 unspecified atom stereocenters. The Bertz CT molecular complexity index is 938. The number of hydrogen-bond acceptors (Lipinski definition) is 1. The lowest BCUT2D eigenvalue weighted by atomic mass is 10.00. The molecule has 4 heteroatoms. The van der Waals surface area contributed by atoms with E-state index < -0.39 is 11.7 Å². The molecule has 0 aliphatic heterocycles. The van der Waals surface area contributed by atoms with Gasteiger partial charge >= 0.3 is 6.18 Å². The van der Waals surface area contributed by atoms with E-state index in [0.717, 1.165) is 17.7 Å². The highest BCUT2D eigenvalue weighted by atomic mass is 19.4. The van der Waals surface area contributed by atoms with E-state index in [1.807, 2.05) is 30.3 Å². The van der Waals surface area contributed by atoms with Crippen molar-refractivity contribution in [1.82, 2.24) is 0 Å². The van der Waals surface area contributed by atoms with Gasteiger partial charge in [-0.25, -0.2) is 0 Å². The minimum absolute atomic E-state index is 0.308. The molecule has 0 atom stereocenters. The van der Waals surface area contributed by atoms with Crippen LogP contribution in [-0.2, 0) is 12.8 Å². The first-order valence-electron chi connectivity index (χ1n) is 7.92. The van der Waals surface area contributed by atoms with Gasteiger partial charge in [-0.05, 0) is 41.5 Å². The molecule has 0 aliphatic rings. The third-order valence-corrected chi connectivity index (χ3v) is 3.88. The predicted molar refractivity (Wildman–Crippen MR) is 95.6 cm³/mol. The molecule has 0 N–H and O–H groups in total. The largest absolute Gasteiger partial charge is 0.488 e. The zero-order valence-electron chi connectivity index (χ0n) is 13.8. The lowest BCUT2D eigenvalue weighted by Crippen LogP contribution is -2.04. The second-order valence-corrected chi connectivity index (χ2v) is 5.71. The molecule has 0 aromatic heterocycles. The number of benzene rings is 3. The van der Waals surface area contributed by atoms with Crippen LogP contribution in [0.2, 0.25) is 0 Å². The Morgan fingerprint density at radius 2 is 1.65 bits per heavy atom. The molecule has 130 valence electrons. The number of hydrogen-bond donors (Lipinski definition) is 0. The second kappa shape index (κ2) is 7.37. The predicted octanol–water partition coefficient (Wildman–Crippen LogP) is 5.93. The molecule has 3 rings (SSSR count). The third-order valence-electron chi connectivity index (χ3n) is 3.88. The van der Waals surface area contributed by atoms with Gasteiger partial charge in [0.2, 0.25) is 0 Å². The van der Waals surface area contributed by atoms with Crippen LogP contribution in [0.3, 0.4) is 0 Å². The van der Waals surface area contributed by atoms with Crippen LogP contribution in [0.5, 0.6) is 5.75 Å². The minimum atomic E-state index is -4.41. The van der Waals surface area contributed by atoms with Gasteiger partial charge in [0.05, 0.1) is 5.56 Å². The number of halogens is 3. The van der Waals surface area contributed by atoms with Crippen LogP contribution in [0.4, 0.5) is 13.2 Å². The van der Waals surface area contributed by atoms with Crippen LogP contribution in [0.25, 0.3) is 11.1 Å². The van der Waals surface area contributed by atoms with Crippen molar-refractivity contribution in [2.75, 3.05) is 0 Å². The summed E-state index contributed by atoms with van der Waals surface area (Å²) in [6.45, 7) is 0.308. The number of ether oxygens (including phenoxy) is 1. The molecule has 0 fully saturated rings. The second-order valence-electron chi connectivity index (χ2n) is 5.71. The van der Waals surface area contributed by atoms with E-state index in [1.165, 1.54) is 6.07 Å². The summed E-state index contributed by atoms with van der Waals surface area (Å²) in [5.74, 6) is 2.98. The van der Waals surface area contributed by atoms with Crippen molar-refractivity contribution < 1.29 is 17.9 Å². The zero-order chi connectivity index (χ0) is 18.6. The van der Waals surface area contributed by atoms with Crippen LogP contribution in [0.15, 0.2) is 72.8 Å². The average Bonchev–Trinajstić information content (AvgIpc) is 2.66. The van der Waals surface area contributed by atoms with Crippen molar-refractivity contribution in [3.8, 4) is 29.2 Å². The molecule has 0 saturated carbocycles. The quantitative estimate of drug-likeness (QED) is 0.529. The monoisotopic (exact) mass is 352 g/mol. The van der Waals surface area contributed by atoms with Gasteiger partial charge in [-0.2, -0.15) is 13.2 Å². The maximum atomic E-state index is 13.0. The number of alkyl halides is 3. The summed E-state index contributed by atoms with van der Waals surface area (Å²) in [4.78, 5) is 0. The molecular formula is C22H15F3O. The molecule has 26 heavy (non-hydrogen) atoms. The van der Waals surface area contributed by atoms with Gasteiger partial charge < -0.3 is 4.74 Å².